The SMILES string of the molecule is FC(F)(F)c1cc2c3c(c1)N(c1ccccc1)c1cc4c(cc1B3c1cc3c(cc1O2)N(c1ccccc1)c1cc(C(F)(F)F)cc2c1B3c1sc3ccc(C(F)(F)F)cc3c1O2)B1c2sc3ccc(C(F)(F)F)cc3c2N(c2ccccc2)c2cc(C(F)(F)F)cc(c21)N4c1ccccc1. The van der Waals surface area contributed by atoms with Crippen molar-refractivity contribution < 1.29 is 75.3 Å². The third-order valence-electron chi connectivity index (χ3n) is 19.7. The Morgan fingerprint density at radius 3 is 1.13 bits per heavy atom. The van der Waals surface area contributed by atoms with Gasteiger partial charge in [-0.1, -0.05) is 84.9 Å². The number of fused-ring (bicyclic) bond motifs is 16. The first-order chi connectivity index (χ1) is 48.2. The molecular weight excluding hydrogens is 1370 g/mol. The summed E-state index contributed by atoms with van der Waals surface area (Å²) in [5.74, 6) is -0.726. The Bertz CT molecular complexity index is 5730. The van der Waals surface area contributed by atoms with Gasteiger partial charge in [0, 0.05) is 98.4 Å². The summed E-state index contributed by atoms with van der Waals surface area (Å²) in [6.07, 6.45) is -24.8. The Hall–Kier alpha value is -10.7. The van der Waals surface area contributed by atoms with Crippen LogP contribution in [0.15, 0.2) is 218 Å². The van der Waals surface area contributed by atoms with Crippen molar-refractivity contribution in [1.29, 1.82) is 0 Å². The zero-order valence-corrected chi connectivity index (χ0v) is 52.7. The molecule has 0 N–H and O–H groups in total. The first-order valence-electron chi connectivity index (χ1n) is 31.4. The first-order valence-corrected chi connectivity index (χ1v) is 33.0. The van der Waals surface area contributed by atoms with Crippen LogP contribution in [-0.4, -0.2) is 20.1 Å². The molecule has 0 radical (unpaired) electrons. The molecule has 11 aromatic carbocycles. The van der Waals surface area contributed by atoms with Crippen LogP contribution in [0.2, 0.25) is 0 Å². The van der Waals surface area contributed by atoms with Gasteiger partial charge in [-0.05, 0) is 166 Å². The second-order valence-electron chi connectivity index (χ2n) is 25.4. The van der Waals surface area contributed by atoms with E-state index >= 15 is 52.7 Å². The van der Waals surface area contributed by atoms with Crippen molar-refractivity contribution in [3.63, 3.8) is 0 Å². The van der Waals surface area contributed by atoms with E-state index < -0.39 is 78.8 Å². The third-order valence-corrected chi connectivity index (χ3v) is 22.2. The number of anilines is 12. The molecular formula is C75H36B3F15N4O2S2. The molecule has 26 heteroatoms. The fraction of sp³-hybridized carbons (Fsp3) is 0.0667. The van der Waals surface area contributed by atoms with E-state index in [1.54, 1.807) is 159 Å². The number of alkyl halides is 15. The summed E-state index contributed by atoms with van der Waals surface area (Å²) in [6.45, 7) is -3.37. The normalized spacial score (nSPS) is 14.7. The molecule has 0 fully saturated rings. The summed E-state index contributed by atoms with van der Waals surface area (Å²) >= 11 is 2.24. The predicted octanol–water partition coefficient (Wildman–Crippen LogP) is 18.1. The Labute approximate surface area is 571 Å². The molecule has 0 atom stereocenters. The molecule has 6 nitrogen and oxygen atoms in total. The third kappa shape index (κ3) is 9.11. The summed E-state index contributed by atoms with van der Waals surface area (Å²) in [5.41, 5.74) is -0.906. The molecule has 0 bridgehead atoms. The van der Waals surface area contributed by atoms with E-state index in [9.17, 15) is 13.2 Å². The van der Waals surface area contributed by atoms with Crippen LogP contribution in [0.5, 0.6) is 23.0 Å². The topological polar surface area (TPSA) is 31.4 Å². The number of para-hydroxylation sites is 4. The van der Waals surface area contributed by atoms with Crippen LogP contribution < -0.4 is 76.9 Å². The molecule has 2 aromatic heterocycles. The Morgan fingerprint density at radius 2 is 0.644 bits per heavy atom. The summed E-state index contributed by atoms with van der Waals surface area (Å²) < 4.78 is 246. The molecule has 0 aliphatic carbocycles. The van der Waals surface area contributed by atoms with Gasteiger partial charge in [-0.25, -0.2) is 0 Å². The highest BCUT2D eigenvalue weighted by atomic mass is 32.1. The molecule has 101 heavy (non-hydrogen) atoms. The van der Waals surface area contributed by atoms with Gasteiger partial charge >= 0.3 is 30.9 Å². The minimum Gasteiger partial charge on any atom is -0.458 e. The number of hydrogen-bond acceptors (Lipinski definition) is 8. The van der Waals surface area contributed by atoms with Gasteiger partial charge in [0.2, 0.25) is 0 Å². The van der Waals surface area contributed by atoms with Gasteiger partial charge in [-0.2, -0.15) is 65.9 Å². The number of rotatable bonds is 4. The lowest BCUT2D eigenvalue weighted by Gasteiger charge is -2.46. The van der Waals surface area contributed by atoms with Gasteiger partial charge in [0.05, 0.1) is 33.5 Å². The van der Waals surface area contributed by atoms with Crippen molar-refractivity contribution in [2.75, 3.05) is 19.6 Å². The molecule has 8 heterocycles. The second-order valence-corrected chi connectivity index (χ2v) is 27.5. The number of thiophene rings is 2. The van der Waals surface area contributed by atoms with Crippen molar-refractivity contribution in [3.8, 4) is 23.0 Å². The fourth-order valence-corrected chi connectivity index (χ4v) is 18.2. The first kappa shape index (κ1) is 61.4. The molecule has 0 spiro atoms. The van der Waals surface area contributed by atoms with Crippen LogP contribution in [0.3, 0.4) is 0 Å². The zero-order chi connectivity index (χ0) is 69.5. The Morgan fingerprint density at radius 1 is 0.277 bits per heavy atom. The molecule has 0 unspecified atom stereocenters. The minimum absolute atomic E-state index is 0.00197. The number of hydrogen-bond donors (Lipinski definition) is 0. The second kappa shape index (κ2) is 20.9. The van der Waals surface area contributed by atoms with Gasteiger partial charge in [0.1, 0.15) is 23.0 Å². The van der Waals surface area contributed by atoms with Crippen LogP contribution in [0.25, 0.3) is 20.2 Å². The molecule has 19 rings (SSSR count). The van der Waals surface area contributed by atoms with Crippen LogP contribution in [0.4, 0.5) is 134 Å². The lowest BCUT2D eigenvalue weighted by Crippen LogP contribution is -2.65. The van der Waals surface area contributed by atoms with E-state index in [4.69, 9.17) is 9.47 Å². The number of nitrogens with zero attached hydrogens (tertiary/aromatic N) is 4. The lowest BCUT2D eigenvalue weighted by molar-refractivity contribution is -0.138. The van der Waals surface area contributed by atoms with E-state index in [1.165, 1.54) is 12.1 Å². The highest BCUT2D eigenvalue weighted by molar-refractivity contribution is 7.34. The van der Waals surface area contributed by atoms with Gasteiger partial charge in [0.15, 0.2) is 0 Å². The van der Waals surface area contributed by atoms with Crippen molar-refractivity contribution in [2.45, 2.75) is 30.9 Å². The largest absolute Gasteiger partial charge is 0.458 e. The Balaban J connectivity index is 0.941. The van der Waals surface area contributed by atoms with Crippen LogP contribution >= 0.6 is 22.7 Å². The summed E-state index contributed by atoms with van der Waals surface area (Å²) in [4.78, 5) is 6.42. The van der Waals surface area contributed by atoms with Crippen molar-refractivity contribution >= 4 is 179 Å². The summed E-state index contributed by atoms with van der Waals surface area (Å²) in [5, 5.41) is 0.0696. The predicted molar refractivity (Wildman–Crippen MR) is 368 cm³/mol. The zero-order valence-electron chi connectivity index (χ0n) is 51.1. The van der Waals surface area contributed by atoms with E-state index in [0.717, 1.165) is 83.3 Å². The monoisotopic (exact) mass is 1410 g/mol. The van der Waals surface area contributed by atoms with Gasteiger partial charge < -0.3 is 29.1 Å². The van der Waals surface area contributed by atoms with Crippen molar-refractivity contribution in [2.24, 2.45) is 0 Å². The number of ether oxygens (including phenoxy) is 2. The maximum Gasteiger partial charge on any atom is 0.416 e. The standard InChI is InChI=1S/C75H36B3F15N4O2S2/c79-71(80,81)37-21-23-62-46(25-37)67-69(100-62)77-49-33-48-52(35-53(49)94(42-13-5-1-6-14-42)55-27-39(73(85,86)87)28-56(64(55)77)97(67)45-19-11-4-12-20-45)95(43-15-7-2-8-16-43)57-29-40(74(88,89)90)31-60-65(57)76(48)51-34-50-54(36-59(51)98-60)96(44-17-9-3-10-18-44)58-30-41(75(91,92)93)32-61-66(58)78(50)70-68(99-61)47-26-38(72(82,83)84)22-24-63(47)101-70/h1-36H. The lowest BCUT2D eigenvalue weighted by atomic mass is 9.30. The van der Waals surface area contributed by atoms with Crippen molar-refractivity contribution in [3.05, 3.63) is 246 Å². The van der Waals surface area contributed by atoms with Crippen molar-refractivity contribution in [1.82, 2.24) is 0 Å². The smallest absolute Gasteiger partial charge is 0.416 e. The average Bonchev–Trinajstić information content (AvgIpc) is 1.64. The average molecular weight is 1410 g/mol. The molecule has 13 aromatic rings. The van der Waals surface area contributed by atoms with Crippen LogP contribution in [0, 0.1) is 0 Å². The molecule has 0 amide bonds. The maximum atomic E-state index is 16.0. The van der Waals surface area contributed by atoms with Crippen LogP contribution in [-0.2, 0) is 30.9 Å². The summed E-state index contributed by atoms with van der Waals surface area (Å²) in [7, 11) is 0. The van der Waals surface area contributed by atoms with Gasteiger partial charge in [0.25, 0.3) is 20.1 Å². The van der Waals surface area contributed by atoms with Crippen LogP contribution in [0.1, 0.15) is 27.8 Å². The van der Waals surface area contributed by atoms with E-state index in [0.29, 0.717) is 69.0 Å². The van der Waals surface area contributed by atoms with E-state index in [-0.39, 0.29) is 90.2 Å². The molecule has 0 saturated carbocycles. The number of benzene rings is 11. The van der Waals surface area contributed by atoms with E-state index in [1.807, 2.05) is 6.07 Å². The highest BCUT2D eigenvalue weighted by Crippen LogP contribution is 2.55. The maximum absolute atomic E-state index is 16.0. The minimum atomic E-state index is -5.04. The fourth-order valence-electron chi connectivity index (χ4n) is 15.7. The number of halogens is 15. The summed E-state index contributed by atoms with van der Waals surface area (Å²) in [6, 6.07) is 52.5. The quantitative estimate of drug-likeness (QED) is 0.129. The molecule has 6 aliphatic heterocycles. The Kier molecular flexibility index (Phi) is 12.7. The molecule has 0 saturated heterocycles. The van der Waals surface area contributed by atoms with Gasteiger partial charge in [-0.15, -0.1) is 22.7 Å². The highest BCUT2D eigenvalue weighted by Gasteiger charge is 2.54. The van der Waals surface area contributed by atoms with E-state index in [2.05, 4.69) is 0 Å². The molecule has 6 aliphatic rings. The molecule has 494 valence electrons. The van der Waals surface area contributed by atoms with Gasteiger partial charge in [-0.3, -0.25) is 0 Å².